The Morgan fingerprint density at radius 3 is 2.47 bits per heavy atom. The van der Waals surface area contributed by atoms with Gasteiger partial charge in [-0.15, -0.1) is 6.58 Å². The Kier molecular flexibility index (Phi) is 13.3. The predicted molar refractivity (Wildman–Crippen MR) is 162 cm³/mol. The maximum atomic E-state index is 13.8. The molecular weight excluding hydrogens is 554 g/mol. The Morgan fingerprint density at radius 2 is 1.88 bits per heavy atom. The van der Waals surface area contributed by atoms with Crippen LogP contribution in [0.3, 0.4) is 0 Å². The number of ether oxygens (including phenoxy) is 3. The first-order valence-electron chi connectivity index (χ1n) is 14.2. The minimum Gasteiger partial charge on any atom is -0.439 e. The molecule has 2 amide bonds. The van der Waals surface area contributed by atoms with Gasteiger partial charge in [0.25, 0.3) is 5.91 Å². The summed E-state index contributed by atoms with van der Waals surface area (Å²) >= 11 is 0. The van der Waals surface area contributed by atoms with Gasteiger partial charge in [0.1, 0.15) is 6.10 Å². The van der Waals surface area contributed by atoms with Crippen LogP contribution in [-0.4, -0.2) is 85.8 Å². The van der Waals surface area contributed by atoms with Crippen LogP contribution in [-0.2, 0) is 28.6 Å². The van der Waals surface area contributed by atoms with Crippen molar-refractivity contribution in [3.8, 4) is 0 Å². The lowest BCUT2D eigenvalue weighted by molar-refractivity contribution is -0.127. The van der Waals surface area contributed by atoms with Gasteiger partial charge in [-0.3, -0.25) is 14.4 Å². The Bertz CT molecular complexity index is 1240. The maximum absolute atomic E-state index is 13.8. The van der Waals surface area contributed by atoms with E-state index in [1.807, 2.05) is 6.92 Å². The number of aliphatic hydroxyl groups is 1. The number of fused-ring (bicyclic) bond motifs is 2. The van der Waals surface area contributed by atoms with Crippen molar-refractivity contribution in [1.82, 2.24) is 10.2 Å². The van der Waals surface area contributed by atoms with Crippen molar-refractivity contribution in [2.45, 2.75) is 65.0 Å². The highest BCUT2D eigenvalue weighted by Gasteiger charge is 2.35. The normalized spacial score (nSPS) is 31.4. The number of nitrogens with two attached hydrogens (primary N) is 1. The first-order valence-corrected chi connectivity index (χ1v) is 14.2. The molecule has 11 nitrogen and oxygen atoms in total. The van der Waals surface area contributed by atoms with E-state index in [4.69, 9.17) is 19.9 Å². The molecule has 0 aromatic heterocycles. The molecule has 2 bridgehead atoms. The van der Waals surface area contributed by atoms with Crippen LogP contribution in [0.25, 0.3) is 0 Å². The van der Waals surface area contributed by atoms with E-state index in [-0.39, 0.29) is 41.4 Å². The van der Waals surface area contributed by atoms with Crippen molar-refractivity contribution in [3.63, 3.8) is 0 Å². The number of Topliss-reactive ketones (excluding diaryl/α,β-unsaturated/α-hetero) is 1. The molecule has 11 heteroatoms. The molecule has 0 aromatic rings. The van der Waals surface area contributed by atoms with Crippen LogP contribution in [0.4, 0.5) is 4.79 Å². The summed E-state index contributed by atoms with van der Waals surface area (Å²) < 4.78 is 16.6. The number of hydrogen-bond donors (Lipinski definition) is 3. The van der Waals surface area contributed by atoms with E-state index < -0.39 is 53.9 Å². The molecule has 0 unspecified atom stereocenters. The van der Waals surface area contributed by atoms with Crippen LogP contribution >= 0.6 is 0 Å². The van der Waals surface area contributed by atoms with Crippen molar-refractivity contribution >= 4 is 23.6 Å². The number of hydrogen-bond acceptors (Lipinski definition) is 9. The Labute approximate surface area is 253 Å². The van der Waals surface area contributed by atoms with Gasteiger partial charge < -0.3 is 35.3 Å². The van der Waals surface area contributed by atoms with Crippen molar-refractivity contribution in [2.24, 2.45) is 17.6 Å². The summed E-state index contributed by atoms with van der Waals surface area (Å²) in [6.07, 6.45) is 5.48. The summed E-state index contributed by atoms with van der Waals surface area (Å²) in [5, 5.41) is 14.2. The van der Waals surface area contributed by atoms with Crippen LogP contribution in [0.5, 0.6) is 0 Å². The van der Waals surface area contributed by atoms with Gasteiger partial charge >= 0.3 is 6.09 Å². The minimum absolute atomic E-state index is 0.0440. The number of nitrogens with one attached hydrogen (secondary N) is 1. The van der Waals surface area contributed by atoms with Gasteiger partial charge in [-0.25, -0.2) is 4.79 Å². The first-order chi connectivity index (χ1) is 20.3. The third-order valence-electron chi connectivity index (χ3n) is 7.59. The lowest BCUT2D eigenvalue weighted by atomic mass is 9.85. The first kappa shape index (κ1) is 35.4. The van der Waals surface area contributed by atoms with E-state index in [0.717, 1.165) is 11.0 Å². The zero-order chi connectivity index (χ0) is 32.4. The predicted octanol–water partition coefficient (Wildman–Crippen LogP) is 2.88. The molecule has 43 heavy (non-hydrogen) atoms. The number of likely N-dealkylation sites (N-methyl/N-ethyl adjacent to an activating group) is 1. The number of carbonyl (C=O) groups excluding carboxylic acids is 4. The number of primary amides is 1. The minimum atomic E-state index is -0.998. The van der Waals surface area contributed by atoms with Crippen molar-refractivity contribution in [3.05, 3.63) is 71.1 Å². The number of allylic oxidation sites excluding steroid dienone is 4. The summed E-state index contributed by atoms with van der Waals surface area (Å²) in [4.78, 5) is 53.2. The molecule has 2 rings (SSSR count). The summed E-state index contributed by atoms with van der Waals surface area (Å²) in [5.74, 6) is -2.00. The number of aliphatic hydroxyl groups excluding tert-OH is 1. The van der Waals surface area contributed by atoms with Gasteiger partial charge in [-0.2, -0.15) is 0 Å². The van der Waals surface area contributed by atoms with Crippen LogP contribution in [0, 0.1) is 11.8 Å². The number of amides is 2. The van der Waals surface area contributed by atoms with Gasteiger partial charge in [0.2, 0.25) is 11.6 Å². The van der Waals surface area contributed by atoms with E-state index in [1.54, 1.807) is 45.1 Å². The summed E-state index contributed by atoms with van der Waals surface area (Å²) in [5.41, 5.74) is 6.59. The highest BCUT2D eigenvalue weighted by molar-refractivity contribution is 6.23. The zero-order valence-corrected chi connectivity index (χ0v) is 26.1. The second kappa shape index (κ2) is 16.2. The zero-order valence-electron chi connectivity index (χ0n) is 26.1. The molecule has 1 aliphatic heterocycles. The Hall–Kier alpha value is -3.80. The van der Waals surface area contributed by atoms with E-state index in [1.165, 1.54) is 27.3 Å². The van der Waals surface area contributed by atoms with E-state index in [0.29, 0.717) is 12.0 Å². The molecule has 4 N–H and O–H groups in total. The summed E-state index contributed by atoms with van der Waals surface area (Å²) in [7, 11) is 4.37. The van der Waals surface area contributed by atoms with Gasteiger partial charge in [0.05, 0.1) is 23.6 Å². The third kappa shape index (κ3) is 9.09. The summed E-state index contributed by atoms with van der Waals surface area (Å²) in [6.45, 7) is 11.0. The lowest BCUT2D eigenvalue weighted by Gasteiger charge is -2.30. The molecule has 6 atom stereocenters. The molecule has 0 saturated carbocycles. The number of methoxy groups -OCH3 is 2. The number of ketones is 2. The van der Waals surface area contributed by atoms with Gasteiger partial charge in [0, 0.05) is 51.0 Å². The Morgan fingerprint density at radius 1 is 1.21 bits per heavy atom. The monoisotopic (exact) mass is 599 g/mol. The standard InChI is InChI=1S/C32H45N3O8/c1-9-13-34-27-22-14-18(2)15-26(42-8)28(37)20(4)16-21(5)30(43-32(33)40)25(41-7)12-10-11-19(3)31(39)35(6)23(29(22)38)17-24(27)36/h9-12,16-18,20,25-26,28,30,34,37H,1,13-15H2,2-8H3,(H2,33,40)/b12-10-,19-11+,21-16+/t18-,20+,25+,26-,28+,30+/m1/s1. The fourth-order valence-electron chi connectivity index (χ4n) is 5.24. The molecule has 2 aliphatic rings. The Balaban J connectivity index is 2.68. The maximum Gasteiger partial charge on any atom is 0.405 e. The van der Waals surface area contributed by atoms with Gasteiger partial charge in [-0.05, 0) is 38.2 Å². The van der Waals surface area contributed by atoms with Crippen LogP contribution in [0.15, 0.2) is 71.1 Å². The van der Waals surface area contributed by atoms with Crippen molar-refractivity contribution in [1.29, 1.82) is 0 Å². The molecule has 236 valence electrons. The molecule has 1 heterocycles. The highest BCUT2D eigenvalue weighted by atomic mass is 16.6. The topological polar surface area (TPSA) is 157 Å². The quantitative estimate of drug-likeness (QED) is 0.308. The van der Waals surface area contributed by atoms with Crippen molar-refractivity contribution < 1.29 is 38.5 Å². The number of rotatable bonds is 6. The van der Waals surface area contributed by atoms with E-state index in [2.05, 4.69) is 11.9 Å². The molecule has 0 aromatic carbocycles. The largest absolute Gasteiger partial charge is 0.439 e. The van der Waals surface area contributed by atoms with Gasteiger partial charge in [-0.1, -0.05) is 44.2 Å². The van der Waals surface area contributed by atoms with E-state index >= 15 is 0 Å². The number of carbonyl (C=O) groups is 4. The van der Waals surface area contributed by atoms with Gasteiger partial charge in [0.15, 0.2) is 6.10 Å². The second-order valence-electron chi connectivity index (χ2n) is 11.0. The van der Waals surface area contributed by atoms with Crippen molar-refractivity contribution in [2.75, 3.05) is 27.8 Å². The third-order valence-corrected chi connectivity index (χ3v) is 7.59. The molecule has 0 spiro atoms. The molecular formula is C32H45N3O8. The molecule has 0 saturated heterocycles. The molecule has 1 aliphatic carbocycles. The average molecular weight is 600 g/mol. The smallest absolute Gasteiger partial charge is 0.405 e. The fraction of sp³-hybridized carbons (Fsp3) is 0.500. The van der Waals surface area contributed by atoms with Crippen LogP contribution in [0.2, 0.25) is 0 Å². The summed E-state index contributed by atoms with van der Waals surface area (Å²) in [6, 6.07) is 0. The second-order valence-corrected chi connectivity index (χ2v) is 11.0. The molecule has 0 radical (unpaired) electrons. The number of nitrogens with zero attached hydrogens (tertiary/aromatic N) is 1. The highest BCUT2D eigenvalue weighted by Crippen LogP contribution is 2.30. The van der Waals surface area contributed by atoms with Crippen LogP contribution in [0.1, 0.15) is 40.5 Å². The van der Waals surface area contributed by atoms with E-state index in [9.17, 15) is 24.3 Å². The van der Waals surface area contributed by atoms with Crippen LogP contribution < -0.4 is 11.1 Å². The SMILES string of the molecule is C=CCNC1=C2C[C@@H](C)C[C@@H](OC)[C@@H](O)[C@@H](C)/C=C(\C)[C@H](OC(N)=O)[C@@H](OC)/C=C\C=C(/C)C(=O)N(C)C(=CC1=O)C2=O. The molecule has 0 fully saturated rings. The fourth-order valence-corrected chi connectivity index (χ4v) is 5.24. The average Bonchev–Trinajstić information content (AvgIpc) is 2.96. The lowest BCUT2D eigenvalue weighted by Crippen LogP contribution is -2.38.